The molecular weight excluding hydrogens is 162 g/mol. The van der Waals surface area contributed by atoms with E-state index in [1.165, 1.54) is 24.3 Å². The molecule has 12 heavy (non-hydrogen) atoms. The van der Waals surface area contributed by atoms with Gasteiger partial charge in [0.25, 0.3) is 0 Å². The van der Waals surface area contributed by atoms with Crippen LogP contribution in [0.3, 0.4) is 0 Å². The van der Waals surface area contributed by atoms with Crippen LogP contribution in [0, 0.1) is 5.82 Å². The molecule has 1 fully saturated rings. The van der Waals surface area contributed by atoms with Gasteiger partial charge in [0.15, 0.2) is 0 Å². The standard InChI is InChI=1S/C7H4BFO3/c9-6-3-1-5(2-4-6)8-11-7(10)12-8/h1-4H. The van der Waals surface area contributed by atoms with Crippen molar-refractivity contribution < 1.29 is 18.5 Å². The number of hydrogen-bond donors (Lipinski definition) is 0. The van der Waals surface area contributed by atoms with Gasteiger partial charge in [-0.1, -0.05) is 12.1 Å². The Morgan fingerprint density at radius 3 is 2.25 bits per heavy atom. The predicted molar refractivity (Wildman–Crippen MR) is 39.4 cm³/mol. The molecule has 0 aliphatic carbocycles. The highest BCUT2D eigenvalue weighted by atomic mass is 19.1. The lowest BCUT2D eigenvalue weighted by molar-refractivity contribution is 0.0945. The van der Waals surface area contributed by atoms with Crippen molar-refractivity contribution in [1.29, 1.82) is 0 Å². The summed E-state index contributed by atoms with van der Waals surface area (Å²) in [7, 11) is -0.655. The molecule has 0 atom stereocenters. The maximum absolute atomic E-state index is 12.4. The largest absolute Gasteiger partial charge is 0.641 e. The zero-order valence-corrected chi connectivity index (χ0v) is 5.99. The van der Waals surface area contributed by atoms with Gasteiger partial charge in [0.1, 0.15) is 5.82 Å². The Bertz CT molecular complexity index is 303. The fourth-order valence-electron chi connectivity index (χ4n) is 0.940. The number of carbonyl (C=O) groups is 1. The predicted octanol–water partition coefficient (Wildman–Crippen LogP) is 0.688. The Labute approximate surface area is 68.2 Å². The molecule has 1 aromatic rings. The van der Waals surface area contributed by atoms with Crippen LogP contribution in [0.5, 0.6) is 0 Å². The Morgan fingerprint density at radius 2 is 1.75 bits per heavy atom. The van der Waals surface area contributed by atoms with Crippen LogP contribution in [0.15, 0.2) is 24.3 Å². The van der Waals surface area contributed by atoms with E-state index in [0.29, 0.717) is 5.46 Å². The van der Waals surface area contributed by atoms with Crippen LogP contribution in [0.2, 0.25) is 0 Å². The third kappa shape index (κ3) is 1.13. The lowest BCUT2D eigenvalue weighted by Crippen LogP contribution is -2.49. The molecule has 1 aromatic carbocycles. The molecule has 0 aromatic heterocycles. The number of benzene rings is 1. The minimum absolute atomic E-state index is 0.329. The zero-order chi connectivity index (χ0) is 8.55. The zero-order valence-electron chi connectivity index (χ0n) is 5.99. The monoisotopic (exact) mass is 166 g/mol. The van der Waals surface area contributed by atoms with Gasteiger partial charge in [0.2, 0.25) is 0 Å². The van der Waals surface area contributed by atoms with E-state index in [4.69, 9.17) is 0 Å². The third-order valence-corrected chi connectivity index (χ3v) is 1.55. The minimum atomic E-state index is -0.690. The van der Waals surface area contributed by atoms with Gasteiger partial charge in [-0.05, 0) is 12.1 Å². The topological polar surface area (TPSA) is 35.5 Å². The number of halogens is 1. The highest BCUT2D eigenvalue weighted by Crippen LogP contribution is 2.06. The van der Waals surface area contributed by atoms with E-state index in [1.54, 1.807) is 0 Å². The van der Waals surface area contributed by atoms with Gasteiger partial charge >= 0.3 is 13.3 Å². The fraction of sp³-hybridized carbons (Fsp3) is 0. The van der Waals surface area contributed by atoms with Gasteiger partial charge < -0.3 is 9.31 Å². The van der Waals surface area contributed by atoms with Crippen LogP contribution in [0.4, 0.5) is 9.18 Å². The van der Waals surface area contributed by atoms with Gasteiger partial charge in [-0.2, -0.15) is 0 Å². The molecule has 1 aliphatic heterocycles. The van der Waals surface area contributed by atoms with E-state index < -0.39 is 13.3 Å². The van der Waals surface area contributed by atoms with Crippen LogP contribution in [-0.2, 0) is 9.31 Å². The molecule has 2 rings (SSSR count). The molecule has 0 N–H and O–H groups in total. The highest BCUT2D eigenvalue weighted by molar-refractivity contribution is 6.67. The van der Waals surface area contributed by atoms with Gasteiger partial charge in [0.05, 0.1) is 0 Å². The van der Waals surface area contributed by atoms with Crippen LogP contribution >= 0.6 is 0 Å². The number of rotatable bonds is 1. The highest BCUT2D eigenvalue weighted by Gasteiger charge is 2.40. The van der Waals surface area contributed by atoms with E-state index in [9.17, 15) is 9.18 Å². The number of carbonyl (C=O) groups excluding carboxylic acids is 1. The second-order valence-electron chi connectivity index (χ2n) is 2.37. The SMILES string of the molecule is O=C1OB(c2ccc(F)cc2)O1. The van der Waals surface area contributed by atoms with Crippen LogP contribution < -0.4 is 5.46 Å². The second-order valence-corrected chi connectivity index (χ2v) is 2.37. The minimum Gasteiger partial charge on any atom is -0.464 e. The average molecular weight is 166 g/mol. The quantitative estimate of drug-likeness (QED) is 0.575. The van der Waals surface area contributed by atoms with E-state index in [-0.39, 0.29) is 5.82 Å². The first kappa shape index (κ1) is 7.15. The third-order valence-electron chi connectivity index (χ3n) is 1.55. The molecule has 0 amide bonds. The van der Waals surface area contributed by atoms with Crippen LogP contribution in [0.25, 0.3) is 0 Å². The summed E-state index contributed by atoms with van der Waals surface area (Å²) in [6, 6.07) is 5.58. The first-order chi connectivity index (χ1) is 5.75. The summed E-state index contributed by atoms with van der Waals surface area (Å²) in [6.07, 6.45) is -0.690. The van der Waals surface area contributed by atoms with Crippen molar-refractivity contribution in [2.45, 2.75) is 0 Å². The lowest BCUT2D eigenvalue weighted by Gasteiger charge is -2.21. The van der Waals surface area contributed by atoms with Gasteiger partial charge in [0, 0.05) is 5.46 Å². The molecule has 1 saturated heterocycles. The molecule has 0 saturated carbocycles. The van der Waals surface area contributed by atoms with Crippen molar-refractivity contribution in [3.05, 3.63) is 30.1 Å². The smallest absolute Gasteiger partial charge is 0.464 e. The number of hydrogen-bond acceptors (Lipinski definition) is 3. The average Bonchev–Trinajstić information content (AvgIpc) is 2.01. The molecule has 1 aliphatic rings. The molecule has 0 bridgehead atoms. The van der Waals surface area contributed by atoms with Gasteiger partial charge in [-0.3, -0.25) is 0 Å². The summed E-state index contributed by atoms with van der Waals surface area (Å²) in [4.78, 5) is 10.2. The Morgan fingerprint density at radius 1 is 1.17 bits per heavy atom. The molecule has 3 nitrogen and oxygen atoms in total. The summed E-state index contributed by atoms with van der Waals surface area (Å²) in [6.45, 7) is 0. The first-order valence-corrected chi connectivity index (χ1v) is 3.38. The van der Waals surface area contributed by atoms with Crippen molar-refractivity contribution in [2.24, 2.45) is 0 Å². The van der Waals surface area contributed by atoms with E-state index in [1.807, 2.05) is 0 Å². The molecule has 0 unspecified atom stereocenters. The summed E-state index contributed by atoms with van der Waals surface area (Å²) in [5.74, 6) is -0.329. The van der Waals surface area contributed by atoms with Crippen molar-refractivity contribution in [3.8, 4) is 0 Å². The Kier molecular flexibility index (Phi) is 1.50. The maximum Gasteiger partial charge on any atom is 0.641 e. The molecule has 0 radical (unpaired) electrons. The second kappa shape index (κ2) is 2.51. The Hall–Kier alpha value is -1.52. The molecule has 60 valence electrons. The molecule has 1 heterocycles. The summed E-state index contributed by atoms with van der Waals surface area (Å²) < 4.78 is 21.6. The van der Waals surface area contributed by atoms with Gasteiger partial charge in [-0.25, -0.2) is 9.18 Å². The van der Waals surface area contributed by atoms with Crippen LogP contribution in [-0.4, -0.2) is 13.3 Å². The summed E-state index contributed by atoms with van der Waals surface area (Å²) in [5.41, 5.74) is 0.635. The first-order valence-electron chi connectivity index (χ1n) is 3.38. The van der Waals surface area contributed by atoms with Crippen molar-refractivity contribution in [1.82, 2.24) is 0 Å². The van der Waals surface area contributed by atoms with E-state index >= 15 is 0 Å². The van der Waals surface area contributed by atoms with Crippen molar-refractivity contribution >= 4 is 18.7 Å². The van der Waals surface area contributed by atoms with E-state index in [2.05, 4.69) is 9.31 Å². The van der Waals surface area contributed by atoms with Crippen LogP contribution in [0.1, 0.15) is 0 Å². The Balaban J connectivity index is 2.14. The van der Waals surface area contributed by atoms with Crippen molar-refractivity contribution in [3.63, 3.8) is 0 Å². The summed E-state index contributed by atoms with van der Waals surface area (Å²) >= 11 is 0. The van der Waals surface area contributed by atoms with E-state index in [0.717, 1.165) is 0 Å². The fourth-order valence-corrected chi connectivity index (χ4v) is 0.940. The molecule has 0 spiro atoms. The van der Waals surface area contributed by atoms with Gasteiger partial charge in [-0.15, -0.1) is 0 Å². The maximum atomic E-state index is 12.4. The normalized spacial score (nSPS) is 14.8. The lowest BCUT2D eigenvalue weighted by atomic mass is 9.77. The van der Waals surface area contributed by atoms with Crippen molar-refractivity contribution in [2.75, 3.05) is 0 Å². The summed E-state index contributed by atoms with van der Waals surface area (Å²) in [5, 5.41) is 0. The molecular formula is C7H4BFO3. The molecule has 5 heteroatoms.